The Morgan fingerprint density at radius 1 is 1.31 bits per heavy atom. The quantitative estimate of drug-likeness (QED) is 0.523. The molecule has 92 valence electrons. The second-order valence-corrected chi connectivity index (χ2v) is 4.99. The van der Waals surface area contributed by atoms with Crippen LogP contribution in [0.4, 0.5) is 0 Å². The second-order valence-electron chi connectivity index (χ2n) is 3.77. The van der Waals surface area contributed by atoms with Crippen LogP contribution in [0.15, 0.2) is 0 Å². The van der Waals surface area contributed by atoms with Crippen molar-refractivity contribution in [2.24, 2.45) is 11.8 Å². The third-order valence-electron chi connectivity index (χ3n) is 2.44. The number of rotatable bonds is 8. The molecule has 5 nitrogen and oxygen atoms in total. The van der Waals surface area contributed by atoms with Gasteiger partial charge in [0.1, 0.15) is 0 Å². The molecule has 16 heavy (non-hydrogen) atoms. The van der Waals surface area contributed by atoms with Crippen molar-refractivity contribution in [2.45, 2.75) is 12.8 Å². The van der Waals surface area contributed by atoms with Crippen LogP contribution >= 0.6 is 11.8 Å². The number of hydrogen-bond donors (Lipinski definition) is 3. The zero-order valence-electron chi connectivity index (χ0n) is 9.02. The van der Waals surface area contributed by atoms with Crippen LogP contribution in [0.3, 0.4) is 0 Å². The Hall–Kier alpha value is -0.750. The van der Waals surface area contributed by atoms with Crippen molar-refractivity contribution < 1.29 is 19.8 Å². The SMILES string of the molecule is O=C(O)[C@H]1C[C@H]1C(=O)NCCSCCCO. The predicted octanol–water partition coefficient (Wildman–Crippen LogP) is -0.0611. The maximum atomic E-state index is 11.4. The summed E-state index contributed by atoms with van der Waals surface area (Å²) in [7, 11) is 0. The van der Waals surface area contributed by atoms with E-state index in [1.165, 1.54) is 0 Å². The van der Waals surface area contributed by atoms with Gasteiger partial charge in [-0.3, -0.25) is 9.59 Å². The number of carbonyl (C=O) groups is 2. The molecule has 0 aliphatic heterocycles. The van der Waals surface area contributed by atoms with Crippen molar-refractivity contribution in [1.82, 2.24) is 5.32 Å². The monoisotopic (exact) mass is 247 g/mol. The first-order valence-electron chi connectivity index (χ1n) is 5.36. The van der Waals surface area contributed by atoms with Crippen LogP contribution < -0.4 is 5.32 Å². The second kappa shape index (κ2) is 6.75. The summed E-state index contributed by atoms with van der Waals surface area (Å²) in [6.07, 6.45) is 1.24. The van der Waals surface area contributed by atoms with E-state index in [1.807, 2.05) is 0 Å². The van der Waals surface area contributed by atoms with Gasteiger partial charge in [0.05, 0.1) is 11.8 Å². The zero-order chi connectivity index (χ0) is 12.0. The summed E-state index contributed by atoms with van der Waals surface area (Å²) in [6, 6.07) is 0. The number of amides is 1. The molecule has 2 atom stereocenters. The molecule has 0 heterocycles. The number of aliphatic carboxylic acids is 1. The van der Waals surface area contributed by atoms with Crippen molar-refractivity contribution in [2.75, 3.05) is 24.7 Å². The molecular weight excluding hydrogens is 230 g/mol. The molecule has 1 aliphatic rings. The summed E-state index contributed by atoms with van der Waals surface area (Å²) >= 11 is 1.67. The Balaban J connectivity index is 1.98. The third-order valence-corrected chi connectivity index (χ3v) is 3.51. The molecular formula is C10H17NO4S. The fraction of sp³-hybridized carbons (Fsp3) is 0.800. The average molecular weight is 247 g/mol. The molecule has 1 rings (SSSR count). The summed E-state index contributed by atoms with van der Waals surface area (Å²) in [5.41, 5.74) is 0. The summed E-state index contributed by atoms with van der Waals surface area (Å²) in [6.45, 7) is 0.763. The first-order chi connectivity index (χ1) is 7.66. The van der Waals surface area contributed by atoms with Gasteiger partial charge in [0.2, 0.25) is 5.91 Å². The van der Waals surface area contributed by atoms with Gasteiger partial charge in [0.15, 0.2) is 0 Å². The number of carbonyl (C=O) groups excluding carboxylic acids is 1. The van der Waals surface area contributed by atoms with Crippen LogP contribution in [-0.2, 0) is 9.59 Å². The highest BCUT2D eigenvalue weighted by atomic mass is 32.2. The molecule has 0 bridgehead atoms. The van der Waals surface area contributed by atoms with Gasteiger partial charge in [-0.25, -0.2) is 0 Å². The van der Waals surface area contributed by atoms with E-state index in [9.17, 15) is 9.59 Å². The third kappa shape index (κ3) is 4.40. The molecule has 0 aromatic carbocycles. The summed E-state index contributed by atoms with van der Waals surface area (Å²) < 4.78 is 0. The summed E-state index contributed by atoms with van der Waals surface area (Å²) in [4.78, 5) is 21.9. The molecule has 0 aromatic rings. The van der Waals surface area contributed by atoms with Gasteiger partial charge in [-0.05, 0) is 18.6 Å². The van der Waals surface area contributed by atoms with E-state index in [-0.39, 0.29) is 18.4 Å². The topological polar surface area (TPSA) is 86.6 Å². The van der Waals surface area contributed by atoms with E-state index >= 15 is 0 Å². The normalized spacial score (nSPS) is 22.8. The molecule has 0 saturated heterocycles. The van der Waals surface area contributed by atoms with Crippen molar-refractivity contribution in [1.29, 1.82) is 0 Å². The standard InChI is InChI=1S/C10H17NO4S/c12-3-1-4-16-5-2-11-9(13)7-6-8(7)10(14)15/h7-8,12H,1-6H2,(H,11,13)(H,14,15)/t7-,8+/m1/s1. The molecule has 1 saturated carbocycles. The molecule has 1 aliphatic carbocycles. The molecule has 0 aromatic heterocycles. The number of thioether (sulfide) groups is 1. The van der Waals surface area contributed by atoms with E-state index in [2.05, 4.69) is 5.32 Å². The lowest BCUT2D eigenvalue weighted by Crippen LogP contribution is -2.28. The van der Waals surface area contributed by atoms with Crippen LogP contribution in [-0.4, -0.2) is 46.7 Å². The Kier molecular flexibility index (Phi) is 5.62. The van der Waals surface area contributed by atoms with Crippen molar-refractivity contribution in [3.05, 3.63) is 0 Å². The number of aliphatic hydroxyl groups is 1. The van der Waals surface area contributed by atoms with E-state index in [0.29, 0.717) is 13.0 Å². The molecule has 3 N–H and O–H groups in total. The maximum absolute atomic E-state index is 11.4. The molecule has 0 radical (unpaired) electrons. The largest absolute Gasteiger partial charge is 0.481 e. The van der Waals surface area contributed by atoms with Crippen LogP contribution in [0.5, 0.6) is 0 Å². The van der Waals surface area contributed by atoms with E-state index in [4.69, 9.17) is 10.2 Å². The van der Waals surface area contributed by atoms with Gasteiger partial charge < -0.3 is 15.5 Å². The van der Waals surface area contributed by atoms with Crippen LogP contribution in [0.2, 0.25) is 0 Å². The lowest BCUT2D eigenvalue weighted by Gasteiger charge is -2.03. The molecule has 1 amide bonds. The predicted molar refractivity (Wildman–Crippen MR) is 61.3 cm³/mol. The Bertz CT molecular complexity index is 259. The van der Waals surface area contributed by atoms with Gasteiger partial charge in [0.25, 0.3) is 0 Å². The van der Waals surface area contributed by atoms with Crippen molar-refractivity contribution in [3.8, 4) is 0 Å². The van der Waals surface area contributed by atoms with Gasteiger partial charge in [0, 0.05) is 18.9 Å². The smallest absolute Gasteiger partial charge is 0.307 e. The minimum Gasteiger partial charge on any atom is -0.481 e. The first kappa shape index (κ1) is 13.3. The highest BCUT2D eigenvalue weighted by molar-refractivity contribution is 7.99. The number of carboxylic acids is 1. The molecule has 0 spiro atoms. The number of nitrogens with one attached hydrogen (secondary N) is 1. The van der Waals surface area contributed by atoms with Gasteiger partial charge in [-0.2, -0.15) is 11.8 Å². The minimum absolute atomic E-state index is 0.143. The highest BCUT2D eigenvalue weighted by Crippen LogP contribution is 2.38. The summed E-state index contributed by atoms with van der Waals surface area (Å²) in [5, 5.41) is 19.9. The van der Waals surface area contributed by atoms with Gasteiger partial charge in [-0.15, -0.1) is 0 Å². The highest BCUT2D eigenvalue weighted by Gasteiger charge is 2.48. The van der Waals surface area contributed by atoms with Crippen molar-refractivity contribution in [3.63, 3.8) is 0 Å². The Labute approximate surface area is 98.6 Å². The fourth-order valence-electron chi connectivity index (χ4n) is 1.40. The van der Waals surface area contributed by atoms with E-state index < -0.39 is 11.9 Å². The van der Waals surface area contributed by atoms with Gasteiger partial charge >= 0.3 is 5.97 Å². The zero-order valence-corrected chi connectivity index (χ0v) is 9.83. The number of carboxylic acid groups (broad SMARTS) is 1. The van der Waals surface area contributed by atoms with Crippen LogP contribution in [0.25, 0.3) is 0 Å². The number of aliphatic hydroxyl groups excluding tert-OH is 1. The van der Waals surface area contributed by atoms with Gasteiger partial charge in [-0.1, -0.05) is 0 Å². The van der Waals surface area contributed by atoms with E-state index in [0.717, 1.165) is 17.9 Å². The Morgan fingerprint density at radius 2 is 2.06 bits per heavy atom. The van der Waals surface area contributed by atoms with E-state index in [1.54, 1.807) is 11.8 Å². The Morgan fingerprint density at radius 3 is 2.62 bits per heavy atom. The van der Waals surface area contributed by atoms with Crippen molar-refractivity contribution >= 4 is 23.6 Å². The average Bonchev–Trinajstić information content (AvgIpc) is 3.02. The van der Waals surface area contributed by atoms with Crippen LogP contribution in [0.1, 0.15) is 12.8 Å². The molecule has 1 fully saturated rings. The molecule has 6 heteroatoms. The minimum atomic E-state index is -0.877. The lowest BCUT2D eigenvalue weighted by atomic mass is 10.3. The first-order valence-corrected chi connectivity index (χ1v) is 6.51. The number of hydrogen-bond acceptors (Lipinski definition) is 4. The fourth-order valence-corrected chi connectivity index (χ4v) is 2.19. The van der Waals surface area contributed by atoms with Crippen LogP contribution in [0, 0.1) is 11.8 Å². The molecule has 0 unspecified atom stereocenters. The lowest BCUT2D eigenvalue weighted by molar-refractivity contribution is -0.140. The maximum Gasteiger partial charge on any atom is 0.307 e. The summed E-state index contributed by atoms with van der Waals surface area (Å²) in [5.74, 6) is -0.126.